The molecule has 0 atom stereocenters. The third kappa shape index (κ3) is 2.13. The highest BCUT2D eigenvalue weighted by molar-refractivity contribution is 7.10. The van der Waals surface area contributed by atoms with Crippen molar-refractivity contribution in [1.82, 2.24) is 0 Å². The summed E-state index contributed by atoms with van der Waals surface area (Å²) in [5.74, 6) is -2.62. The van der Waals surface area contributed by atoms with Crippen LogP contribution in [-0.4, -0.2) is 21.8 Å². The minimum absolute atomic E-state index is 0.169. The van der Waals surface area contributed by atoms with Gasteiger partial charge in [0.1, 0.15) is 0 Å². The van der Waals surface area contributed by atoms with Gasteiger partial charge in [-0.15, -0.1) is 11.3 Å². The SMILES string of the molecule is O=C(O)C(=O)Cc1sccc1[N+](=O)[O-]. The summed E-state index contributed by atoms with van der Waals surface area (Å²) >= 11 is 0.998. The monoisotopic (exact) mass is 215 g/mol. The Morgan fingerprint density at radius 3 is 2.71 bits per heavy atom. The molecule has 0 aliphatic rings. The summed E-state index contributed by atoms with van der Waals surface area (Å²) in [7, 11) is 0. The van der Waals surface area contributed by atoms with Crippen molar-refractivity contribution >= 4 is 28.8 Å². The number of carboxylic acid groups (broad SMARTS) is 1. The number of rotatable bonds is 4. The molecule has 0 unspecified atom stereocenters. The van der Waals surface area contributed by atoms with E-state index in [9.17, 15) is 19.7 Å². The number of thiophene rings is 1. The fraction of sp³-hybridized carbons (Fsp3) is 0.143. The molecule has 74 valence electrons. The lowest BCUT2D eigenvalue weighted by Crippen LogP contribution is -2.14. The van der Waals surface area contributed by atoms with Crippen molar-refractivity contribution in [3.05, 3.63) is 26.4 Å². The molecule has 1 aromatic rings. The van der Waals surface area contributed by atoms with E-state index in [0.29, 0.717) is 0 Å². The maximum absolute atomic E-state index is 10.8. The van der Waals surface area contributed by atoms with E-state index in [2.05, 4.69) is 0 Å². The number of carbonyl (C=O) groups is 2. The first-order valence-corrected chi connectivity index (χ1v) is 4.37. The number of hydrogen-bond acceptors (Lipinski definition) is 5. The molecule has 0 spiro atoms. The van der Waals surface area contributed by atoms with Crippen molar-refractivity contribution in [3.63, 3.8) is 0 Å². The van der Waals surface area contributed by atoms with Gasteiger partial charge in [0.15, 0.2) is 0 Å². The van der Waals surface area contributed by atoms with Crippen LogP contribution >= 0.6 is 11.3 Å². The normalized spacial score (nSPS) is 9.71. The maximum atomic E-state index is 10.8. The molecular formula is C7H5NO5S. The Morgan fingerprint density at radius 1 is 1.57 bits per heavy atom. The quantitative estimate of drug-likeness (QED) is 0.456. The van der Waals surface area contributed by atoms with Crippen LogP contribution in [0.2, 0.25) is 0 Å². The number of ketones is 1. The Kier molecular flexibility index (Phi) is 2.92. The number of carboxylic acids is 1. The van der Waals surface area contributed by atoms with Crippen LogP contribution in [0.5, 0.6) is 0 Å². The van der Waals surface area contributed by atoms with Crippen LogP contribution < -0.4 is 0 Å². The smallest absolute Gasteiger partial charge is 0.372 e. The average Bonchev–Trinajstić information content (AvgIpc) is 2.52. The van der Waals surface area contributed by atoms with E-state index in [4.69, 9.17) is 5.11 Å². The van der Waals surface area contributed by atoms with Crippen LogP contribution in [0.1, 0.15) is 4.88 Å². The van der Waals surface area contributed by atoms with Gasteiger partial charge in [-0.1, -0.05) is 0 Å². The molecule has 1 rings (SSSR count). The number of aliphatic carboxylic acids is 1. The summed E-state index contributed by atoms with van der Waals surface area (Å²) in [6.45, 7) is 0. The van der Waals surface area contributed by atoms with Gasteiger partial charge in [0.25, 0.3) is 5.69 Å². The molecule has 7 heteroatoms. The summed E-state index contributed by atoms with van der Waals surface area (Å²) in [6.07, 6.45) is -0.427. The van der Waals surface area contributed by atoms with E-state index < -0.39 is 23.1 Å². The minimum Gasteiger partial charge on any atom is -0.475 e. The zero-order valence-corrected chi connectivity index (χ0v) is 7.61. The molecule has 0 saturated heterocycles. The number of nitro groups is 1. The fourth-order valence-electron chi connectivity index (χ4n) is 0.850. The largest absolute Gasteiger partial charge is 0.475 e. The molecule has 14 heavy (non-hydrogen) atoms. The molecule has 1 aromatic heterocycles. The summed E-state index contributed by atoms with van der Waals surface area (Å²) in [6, 6.07) is 1.25. The number of hydrogen-bond donors (Lipinski definition) is 1. The second kappa shape index (κ2) is 3.97. The predicted octanol–water partition coefficient (Wildman–Crippen LogP) is 0.853. The molecule has 0 aliphatic heterocycles. The lowest BCUT2D eigenvalue weighted by atomic mass is 10.2. The lowest BCUT2D eigenvalue weighted by molar-refractivity contribution is -0.385. The van der Waals surface area contributed by atoms with E-state index in [1.165, 1.54) is 11.4 Å². The summed E-state index contributed by atoms with van der Waals surface area (Å²) < 4.78 is 0. The maximum Gasteiger partial charge on any atom is 0.372 e. The van der Waals surface area contributed by atoms with Crippen LogP contribution in [0, 0.1) is 10.1 Å². The van der Waals surface area contributed by atoms with Gasteiger partial charge in [-0.2, -0.15) is 0 Å². The van der Waals surface area contributed by atoms with Gasteiger partial charge in [-0.3, -0.25) is 14.9 Å². The third-order valence-electron chi connectivity index (χ3n) is 1.48. The van der Waals surface area contributed by atoms with Crippen LogP contribution in [-0.2, 0) is 16.0 Å². The molecule has 1 heterocycles. The van der Waals surface area contributed by atoms with Crippen LogP contribution in [0.3, 0.4) is 0 Å². The standard InChI is InChI=1S/C7H5NO5S/c9-5(7(10)11)3-6-4(8(12)13)1-2-14-6/h1-2H,3H2,(H,10,11). The van der Waals surface area contributed by atoms with Crippen molar-refractivity contribution in [2.45, 2.75) is 6.42 Å². The van der Waals surface area contributed by atoms with Gasteiger partial charge < -0.3 is 5.11 Å². The van der Waals surface area contributed by atoms with E-state index in [1.807, 2.05) is 0 Å². The highest BCUT2D eigenvalue weighted by atomic mass is 32.1. The van der Waals surface area contributed by atoms with Crippen molar-refractivity contribution in [2.24, 2.45) is 0 Å². The number of Topliss-reactive ketones (excluding diaryl/α,β-unsaturated/α-hetero) is 1. The average molecular weight is 215 g/mol. The molecule has 0 aliphatic carbocycles. The Balaban J connectivity index is 2.87. The zero-order chi connectivity index (χ0) is 10.7. The molecule has 0 saturated carbocycles. The Labute approximate surface area is 81.9 Å². The van der Waals surface area contributed by atoms with Gasteiger partial charge in [0.2, 0.25) is 5.78 Å². The van der Waals surface area contributed by atoms with Gasteiger partial charge in [0, 0.05) is 6.07 Å². The van der Waals surface area contributed by atoms with Crippen LogP contribution in [0.25, 0.3) is 0 Å². The van der Waals surface area contributed by atoms with E-state index >= 15 is 0 Å². The van der Waals surface area contributed by atoms with Crippen molar-refractivity contribution in [2.75, 3.05) is 0 Å². The minimum atomic E-state index is -1.58. The highest BCUT2D eigenvalue weighted by Crippen LogP contribution is 2.24. The Morgan fingerprint density at radius 2 is 2.21 bits per heavy atom. The van der Waals surface area contributed by atoms with Gasteiger partial charge in [0.05, 0.1) is 16.2 Å². The predicted molar refractivity (Wildman–Crippen MR) is 47.3 cm³/mol. The van der Waals surface area contributed by atoms with E-state index in [1.54, 1.807) is 0 Å². The third-order valence-corrected chi connectivity index (χ3v) is 2.39. The second-order valence-corrected chi connectivity index (χ2v) is 3.39. The first kappa shape index (κ1) is 10.3. The van der Waals surface area contributed by atoms with Crippen molar-refractivity contribution in [3.8, 4) is 0 Å². The molecule has 0 amide bonds. The molecule has 0 aromatic carbocycles. The van der Waals surface area contributed by atoms with E-state index in [0.717, 1.165) is 11.3 Å². The first-order chi connectivity index (χ1) is 6.52. The topological polar surface area (TPSA) is 97.5 Å². The van der Waals surface area contributed by atoms with Crippen molar-refractivity contribution < 1.29 is 19.6 Å². The molecule has 6 nitrogen and oxygen atoms in total. The summed E-state index contributed by atoms with van der Waals surface area (Å²) in [5.41, 5.74) is -0.204. The Bertz CT molecular complexity index is 397. The van der Waals surface area contributed by atoms with Gasteiger partial charge >= 0.3 is 5.97 Å². The zero-order valence-electron chi connectivity index (χ0n) is 6.80. The van der Waals surface area contributed by atoms with Crippen LogP contribution in [0.4, 0.5) is 5.69 Å². The van der Waals surface area contributed by atoms with Gasteiger partial charge in [-0.05, 0) is 5.38 Å². The molecule has 1 N–H and O–H groups in total. The molecular weight excluding hydrogens is 210 g/mol. The number of nitrogens with zero attached hydrogens (tertiary/aromatic N) is 1. The second-order valence-electron chi connectivity index (χ2n) is 2.39. The molecule has 0 radical (unpaired) electrons. The number of carbonyl (C=O) groups excluding carboxylic acids is 1. The van der Waals surface area contributed by atoms with Crippen LogP contribution in [0.15, 0.2) is 11.4 Å². The highest BCUT2D eigenvalue weighted by Gasteiger charge is 2.21. The van der Waals surface area contributed by atoms with E-state index in [-0.39, 0.29) is 10.6 Å². The summed E-state index contributed by atoms with van der Waals surface area (Å²) in [4.78, 5) is 30.9. The molecule has 0 bridgehead atoms. The summed E-state index contributed by atoms with van der Waals surface area (Å²) in [5, 5.41) is 20.1. The van der Waals surface area contributed by atoms with Gasteiger partial charge in [-0.25, -0.2) is 4.79 Å². The fourth-order valence-corrected chi connectivity index (χ4v) is 1.69. The lowest BCUT2D eigenvalue weighted by Gasteiger charge is -1.92. The molecule has 0 fully saturated rings. The first-order valence-electron chi connectivity index (χ1n) is 3.49. The van der Waals surface area contributed by atoms with Crippen molar-refractivity contribution in [1.29, 1.82) is 0 Å². The Hall–Kier alpha value is -1.76.